The molecular formula is C12H17N3O3. The van der Waals surface area contributed by atoms with Gasteiger partial charge in [-0.25, -0.2) is 4.98 Å². The highest BCUT2D eigenvalue weighted by Gasteiger charge is 2.07. The van der Waals surface area contributed by atoms with Crippen molar-refractivity contribution >= 4 is 11.7 Å². The Bertz CT molecular complexity index is 446. The van der Waals surface area contributed by atoms with Gasteiger partial charge in [-0.05, 0) is 13.0 Å². The number of hydrogen-bond acceptors (Lipinski definition) is 5. The van der Waals surface area contributed by atoms with E-state index in [1.165, 1.54) is 7.11 Å². The number of rotatable bonds is 7. The molecule has 1 heterocycles. The quantitative estimate of drug-likeness (QED) is 0.497. The molecule has 0 saturated carbocycles. The lowest BCUT2D eigenvalue weighted by molar-refractivity contribution is -0.136. The summed E-state index contributed by atoms with van der Waals surface area (Å²) in [6.45, 7) is 2.54. The SMILES string of the molecule is COc1nc(C(C)=N)ccc1CNCCC(=O)O. The van der Waals surface area contributed by atoms with Crippen molar-refractivity contribution in [3.63, 3.8) is 0 Å². The summed E-state index contributed by atoms with van der Waals surface area (Å²) in [6, 6.07) is 3.58. The molecule has 0 aromatic carbocycles. The zero-order valence-corrected chi connectivity index (χ0v) is 10.5. The molecule has 6 heteroatoms. The lowest BCUT2D eigenvalue weighted by atomic mass is 10.2. The van der Waals surface area contributed by atoms with Gasteiger partial charge < -0.3 is 20.6 Å². The first-order valence-electron chi connectivity index (χ1n) is 5.56. The van der Waals surface area contributed by atoms with Crippen LogP contribution in [0.15, 0.2) is 12.1 Å². The smallest absolute Gasteiger partial charge is 0.304 e. The lowest BCUT2D eigenvalue weighted by Crippen LogP contribution is -2.18. The molecule has 1 aromatic heterocycles. The van der Waals surface area contributed by atoms with Crippen LogP contribution in [0.3, 0.4) is 0 Å². The fourth-order valence-corrected chi connectivity index (χ4v) is 1.41. The predicted molar refractivity (Wildman–Crippen MR) is 67.3 cm³/mol. The van der Waals surface area contributed by atoms with Crippen LogP contribution in [0.2, 0.25) is 0 Å². The van der Waals surface area contributed by atoms with Crippen LogP contribution in [0.5, 0.6) is 5.88 Å². The molecule has 0 amide bonds. The molecule has 1 rings (SSSR count). The molecule has 0 atom stereocenters. The minimum atomic E-state index is -0.831. The van der Waals surface area contributed by atoms with E-state index in [0.717, 1.165) is 5.56 Å². The van der Waals surface area contributed by atoms with E-state index in [1.807, 2.05) is 6.07 Å². The number of hydrogen-bond donors (Lipinski definition) is 3. The number of nitrogens with one attached hydrogen (secondary N) is 2. The van der Waals surface area contributed by atoms with Crippen molar-refractivity contribution in [3.8, 4) is 5.88 Å². The first-order valence-corrected chi connectivity index (χ1v) is 5.56. The molecule has 0 spiro atoms. The van der Waals surface area contributed by atoms with Gasteiger partial charge >= 0.3 is 5.97 Å². The van der Waals surface area contributed by atoms with Gasteiger partial charge in [0.05, 0.1) is 24.9 Å². The van der Waals surface area contributed by atoms with E-state index in [0.29, 0.717) is 30.4 Å². The van der Waals surface area contributed by atoms with E-state index < -0.39 is 5.97 Å². The number of aliphatic carboxylic acids is 1. The number of ether oxygens (including phenoxy) is 1. The van der Waals surface area contributed by atoms with Gasteiger partial charge in [0, 0.05) is 18.7 Å². The summed E-state index contributed by atoms with van der Waals surface area (Å²) in [6.07, 6.45) is 0.0768. The first kappa shape index (κ1) is 14.1. The van der Waals surface area contributed by atoms with Crippen molar-refractivity contribution < 1.29 is 14.6 Å². The van der Waals surface area contributed by atoms with Gasteiger partial charge in [0.25, 0.3) is 0 Å². The number of nitrogens with zero attached hydrogens (tertiary/aromatic N) is 1. The van der Waals surface area contributed by atoms with E-state index in [9.17, 15) is 4.79 Å². The second kappa shape index (κ2) is 6.70. The zero-order valence-electron chi connectivity index (χ0n) is 10.5. The molecule has 0 radical (unpaired) electrons. The summed E-state index contributed by atoms with van der Waals surface area (Å²) >= 11 is 0. The average Bonchev–Trinajstić information content (AvgIpc) is 2.34. The Morgan fingerprint density at radius 3 is 2.83 bits per heavy atom. The predicted octanol–water partition coefficient (Wildman–Crippen LogP) is 1.04. The largest absolute Gasteiger partial charge is 0.481 e. The van der Waals surface area contributed by atoms with E-state index in [4.69, 9.17) is 15.3 Å². The topological polar surface area (TPSA) is 95.3 Å². The second-order valence-corrected chi connectivity index (χ2v) is 3.81. The number of carboxylic acids is 1. The van der Waals surface area contributed by atoms with Crippen LogP contribution in [-0.4, -0.2) is 35.4 Å². The standard InChI is InChI=1S/C12H17N3O3/c1-8(13)10-4-3-9(12(15-10)18-2)7-14-6-5-11(16)17/h3-4,13-14H,5-7H2,1-2H3,(H,16,17). The Kier molecular flexibility index (Phi) is 5.26. The van der Waals surface area contributed by atoms with E-state index >= 15 is 0 Å². The summed E-state index contributed by atoms with van der Waals surface area (Å²) in [5, 5.41) is 19.0. The summed E-state index contributed by atoms with van der Waals surface area (Å²) in [5.74, 6) is -0.371. The molecule has 0 aliphatic carbocycles. The van der Waals surface area contributed by atoms with Gasteiger partial charge in [-0.1, -0.05) is 6.07 Å². The van der Waals surface area contributed by atoms with Gasteiger partial charge in [-0.2, -0.15) is 0 Å². The average molecular weight is 251 g/mol. The van der Waals surface area contributed by atoms with Crippen LogP contribution in [0.25, 0.3) is 0 Å². The third-order valence-corrected chi connectivity index (χ3v) is 2.35. The molecule has 0 aliphatic heterocycles. The van der Waals surface area contributed by atoms with Crippen LogP contribution in [0.4, 0.5) is 0 Å². The number of aromatic nitrogens is 1. The maximum atomic E-state index is 10.4. The molecule has 18 heavy (non-hydrogen) atoms. The Morgan fingerprint density at radius 2 is 2.28 bits per heavy atom. The molecule has 98 valence electrons. The minimum absolute atomic E-state index is 0.0768. The maximum Gasteiger partial charge on any atom is 0.304 e. The number of pyridine rings is 1. The monoisotopic (exact) mass is 251 g/mol. The highest BCUT2D eigenvalue weighted by molar-refractivity contribution is 5.94. The van der Waals surface area contributed by atoms with Gasteiger partial charge in [0.1, 0.15) is 0 Å². The van der Waals surface area contributed by atoms with Crippen molar-refractivity contribution in [1.29, 1.82) is 5.41 Å². The molecule has 0 unspecified atom stereocenters. The minimum Gasteiger partial charge on any atom is -0.481 e. The Balaban J connectivity index is 2.65. The van der Waals surface area contributed by atoms with Crippen LogP contribution in [0, 0.1) is 5.41 Å². The van der Waals surface area contributed by atoms with Crippen LogP contribution >= 0.6 is 0 Å². The Morgan fingerprint density at radius 1 is 1.56 bits per heavy atom. The first-order chi connectivity index (χ1) is 8.54. The molecule has 0 saturated heterocycles. The lowest BCUT2D eigenvalue weighted by Gasteiger charge is -2.09. The maximum absolute atomic E-state index is 10.4. The number of carboxylic acid groups (broad SMARTS) is 1. The number of methoxy groups -OCH3 is 1. The molecule has 0 fully saturated rings. The van der Waals surface area contributed by atoms with Crippen LogP contribution in [-0.2, 0) is 11.3 Å². The van der Waals surface area contributed by atoms with Crippen molar-refractivity contribution in [2.24, 2.45) is 0 Å². The summed E-state index contributed by atoms with van der Waals surface area (Å²) < 4.78 is 5.15. The van der Waals surface area contributed by atoms with E-state index in [1.54, 1.807) is 13.0 Å². The van der Waals surface area contributed by atoms with Crippen molar-refractivity contribution in [3.05, 3.63) is 23.4 Å². The van der Waals surface area contributed by atoms with Crippen molar-refractivity contribution in [2.75, 3.05) is 13.7 Å². The van der Waals surface area contributed by atoms with Gasteiger partial charge in [0.15, 0.2) is 0 Å². The summed E-state index contributed by atoms with van der Waals surface area (Å²) in [5.41, 5.74) is 1.78. The molecule has 0 bridgehead atoms. The third-order valence-electron chi connectivity index (χ3n) is 2.35. The zero-order chi connectivity index (χ0) is 13.5. The normalized spacial score (nSPS) is 10.1. The highest BCUT2D eigenvalue weighted by atomic mass is 16.5. The second-order valence-electron chi connectivity index (χ2n) is 3.81. The Hall–Kier alpha value is -1.95. The molecule has 3 N–H and O–H groups in total. The van der Waals surface area contributed by atoms with Gasteiger partial charge in [-0.15, -0.1) is 0 Å². The van der Waals surface area contributed by atoms with Crippen LogP contribution < -0.4 is 10.1 Å². The van der Waals surface area contributed by atoms with Gasteiger partial charge in [-0.3, -0.25) is 4.79 Å². The molecular weight excluding hydrogens is 234 g/mol. The van der Waals surface area contributed by atoms with E-state index in [2.05, 4.69) is 10.3 Å². The van der Waals surface area contributed by atoms with Crippen LogP contribution in [0.1, 0.15) is 24.6 Å². The van der Waals surface area contributed by atoms with Gasteiger partial charge in [0.2, 0.25) is 5.88 Å². The van der Waals surface area contributed by atoms with Crippen molar-refractivity contribution in [2.45, 2.75) is 19.9 Å². The molecule has 6 nitrogen and oxygen atoms in total. The number of carbonyl (C=O) groups is 1. The third kappa shape index (κ3) is 4.14. The fourth-order valence-electron chi connectivity index (χ4n) is 1.41. The summed E-state index contributed by atoms with van der Waals surface area (Å²) in [7, 11) is 1.52. The molecule has 0 aliphatic rings. The fraction of sp³-hybridized carbons (Fsp3) is 0.417. The molecule has 1 aromatic rings. The Labute approximate surface area is 106 Å². The highest BCUT2D eigenvalue weighted by Crippen LogP contribution is 2.15. The van der Waals surface area contributed by atoms with E-state index in [-0.39, 0.29) is 6.42 Å². The van der Waals surface area contributed by atoms with Crippen molar-refractivity contribution in [1.82, 2.24) is 10.3 Å². The summed E-state index contributed by atoms with van der Waals surface area (Å²) in [4.78, 5) is 14.6.